The van der Waals surface area contributed by atoms with E-state index in [1.54, 1.807) is 24.3 Å². The van der Waals surface area contributed by atoms with Crippen molar-refractivity contribution in [1.82, 2.24) is 10.2 Å². The van der Waals surface area contributed by atoms with Crippen LogP contribution in [0.2, 0.25) is 0 Å². The number of fused-ring (bicyclic) bond motifs is 1. The Morgan fingerprint density at radius 2 is 1.56 bits per heavy atom. The van der Waals surface area contributed by atoms with Gasteiger partial charge in [-0.15, -0.1) is 11.8 Å². The first kappa shape index (κ1) is 31.5. The third-order valence-corrected chi connectivity index (χ3v) is 8.75. The number of rotatable bonds is 11. The zero-order chi connectivity index (χ0) is 32.1. The Morgan fingerprint density at radius 3 is 2.13 bits per heavy atom. The van der Waals surface area contributed by atoms with Gasteiger partial charge in [-0.3, -0.25) is 19.3 Å². The van der Waals surface area contributed by atoms with Gasteiger partial charge in [-0.25, -0.2) is 9.59 Å². The lowest BCUT2D eigenvalue weighted by Crippen LogP contribution is -2.71. The van der Waals surface area contributed by atoms with E-state index in [9.17, 15) is 29.1 Å². The molecule has 2 heterocycles. The molecule has 0 saturated carbocycles. The summed E-state index contributed by atoms with van der Waals surface area (Å²) in [6.07, 6.45) is -1.89. The number of carboxylic acid groups (broad SMARTS) is 1. The fraction of sp³-hybridized carbons (Fsp3) is 0.242. The molecule has 3 atom stereocenters. The van der Waals surface area contributed by atoms with Crippen molar-refractivity contribution in [1.29, 1.82) is 0 Å². The minimum absolute atomic E-state index is 0.135. The topological polar surface area (TPSA) is 165 Å². The highest BCUT2D eigenvalue weighted by atomic mass is 32.2. The van der Waals surface area contributed by atoms with Crippen LogP contribution in [-0.2, 0) is 35.1 Å². The summed E-state index contributed by atoms with van der Waals surface area (Å²) in [7, 11) is 0. The Morgan fingerprint density at radius 1 is 0.956 bits per heavy atom. The molecule has 1 fully saturated rings. The number of benzene rings is 3. The molecule has 0 aliphatic carbocycles. The zero-order valence-electron chi connectivity index (χ0n) is 24.3. The second-order valence-corrected chi connectivity index (χ2v) is 11.5. The van der Waals surface area contributed by atoms with Gasteiger partial charge in [0.1, 0.15) is 23.2 Å². The zero-order valence-corrected chi connectivity index (χ0v) is 25.1. The van der Waals surface area contributed by atoms with Crippen LogP contribution in [0.5, 0.6) is 0 Å². The molecule has 0 spiro atoms. The van der Waals surface area contributed by atoms with E-state index >= 15 is 0 Å². The van der Waals surface area contributed by atoms with Gasteiger partial charge in [-0.2, -0.15) is 0 Å². The molecule has 4 N–H and O–H groups in total. The lowest BCUT2D eigenvalue weighted by atomic mass is 9.99. The van der Waals surface area contributed by atoms with E-state index in [4.69, 9.17) is 15.2 Å². The van der Waals surface area contributed by atoms with Crippen molar-refractivity contribution in [3.05, 3.63) is 118 Å². The molecule has 0 aromatic heterocycles. The number of thioether (sulfide) groups is 1. The maximum Gasteiger partial charge on any atom is 0.352 e. The highest BCUT2D eigenvalue weighted by molar-refractivity contribution is 8.00. The number of aliphatic carboxylic acids is 1. The van der Waals surface area contributed by atoms with Crippen molar-refractivity contribution in [2.45, 2.75) is 37.0 Å². The summed E-state index contributed by atoms with van der Waals surface area (Å²) < 4.78 is 11.2. The SMILES string of the molecule is CC(=O)OC(CN)C1=C(C(=O)O)N2C(=O)[C@H](NC(=O)Cc3ccccc3C(=O)OC(c3ccccc3)c3ccccc3)[C@H]2SC1. The predicted molar refractivity (Wildman–Crippen MR) is 165 cm³/mol. The number of carbonyl (C=O) groups excluding carboxylic acids is 4. The molecule has 0 bridgehead atoms. The summed E-state index contributed by atoms with van der Waals surface area (Å²) in [5.74, 6) is -3.62. The molecule has 2 amide bonds. The highest BCUT2D eigenvalue weighted by Gasteiger charge is 2.55. The third kappa shape index (κ3) is 6.76. The standard InChI is InChI=1S/C33H31N3O8S/c1-19(37)43-25(17-34)24-18-45-31-27(30(39)36(31)28(24)32(40)41)35-26(38)16-22-14-8-9-15-23(22)33(42)44-29(20-10-4-2-5-11-20)21-12-6-3-7-13-21/h2-15,25,27,29,31H,16-18,34H2,1H3,(H,35,38)(H,40,41)/t25?,27-,31+/m0/s1. The molecular formula is C33H31N3O8S. The van der Waals surface area contributed by atoms with Gasteiger partial charge < -0.3 is 25.6 Å². The molecule has 11 nitrogen and oxygen atoms in total. The Hall–Kier alpha value is -4.94. The van der Waals surface area contributed by atoms with Crippen molar-refractivity contribution < 1.29 is 38.6 Å². The Balaban J connectivity index is 1.30. The first-order chi connectivity index (χ1) is 21.7. The van der Waals surface area contributed by atoms with E-state index in [1.165, 1.54) is 18.7 Å². The van der Waals surface area contributed by atoms with Gasteiger partial charge in [0, 0.05) is 24.8 Å². The number of nitrogens with two attached hydrogens (primary N) is 1. The number of hydrogen-bond donors (Lipinski definition) is 3. The normalized spacial score (nSPS) is 18.0. The summed E-state index contributed by atoms with van der Waals surface area (Å²) in [6, 6.07) is 24.2. The van der Waals surface area contributed by atoms with Gasteiger partial charge in [0.2, 0.25) is 5.91 Å². The van der Waals surface area contributed by atoms with Gasteiger partial charge in [-0.05, 0) is 22.8 Å². The predicted octanol–water partition coefficient (Wildman–Crippen LogP) is 2.80. The summed E-state index contributed by atoms with van der Waals surface area (Å²) in [6.45, 7) is 1.03. The van der Waals surface area contributed by atoms with Crippen molar-refractivity contribution >= 4 is 41.5 Å². The summed E-state index contributed by atoms with van der Waals surface area (Å²) in [4.78, 5) is 64.6. The van der Waals surface area contributed by atoms with Crippen molar-refractivity contribution in [2.24, 2.45) is 5.73 Å². The maximum absolute atomic E-state index is 13.5. The molecule has 0 radical (unpaired) electrons. The van der Waals surface area contributed by atoms with E-state index < -0.39 is 53.3 Å². The minimum Gasteiger partial charge on any atom is -0.477 e. The van der Waals surface area contributed by atoms with Crippen LogP contribution in [0.3, 0.4) is 0 Å². The average Bonchev–Trinajstić information content (AvgIpc) is 3.05. The third-order valence-electron chi connectivity index (χ3n) is 7.45. The first-order valence-electron chi connectivity index (χ1n) is 14.2. The van der Waals surface area contributed by atoms with Gasteiger partial charge in [-0.1, -0.05) is 78.9 Å². The highest BCUT2D eigenvalue weighted by Crippen LogP contribution is 2.41. The molecular weight excluding hydrogens is 598 g/mol. The quantitative estimate of drug-likeness (QED) is 0.212. The second kappa shape index (κ2) is 13.8. The van der Waals surface area contributed by atoms with Crippen LogP contribution >= 0.6 is 11.8 Å². The van der Waals surface area contributed by atoms with E-state index in [2.05, 4.69) is 5.32 Å². The van der Waals surface area contributed by atoms with Crippen LogP contribution in [0.25, 0.3) is 0 Å². The van der Waals surface area contributed by atoms with Crippen LogP contribution in [0.4, 0.5) is 0 Å². The lowest BCUT2D eigenvalue weighted by molar-refractivity contribution is -0.151. The molecule has 1 unspecified atom stereocenters. The molecule has 2 aliphatic heterocycles. The molecule has 45 heavy (non-hydrogen) atoms. The number of amides is 2. The van der Waals surface area contributed by atoms with E-state index in [0.29, 0.717) is 5.56 Å². The van der Waals surface area contributed by atoms with Crippen LogP contribution in [0.15, 0.2) is 96.2 Å². The summed E-state index contributed by atoms with van der Waals surface area (Å²) in [5.41, 5.74) is 7.82. The monoisotopic (exact) mass is 629 g/mol. The largest absolute Gasteiger partial charge is 0.477 e. The molecule has 12 heteroatoms. The number of β-lactam (4-membered cyclic amide) rings is 1. The molecule has 3 aromatic carbocycles. The maximum atomic E-state index is 13.5. The van der Waals surface area contributed by atoms with Crippen LogP contribution in [0.1, 0.15) is 40.1 Å². The number of nitrogens with zero attached hydrogens (tertiary/aromatic N) is 1. The van der Waals surface area contributed by atoms with Gasteiger partial charge >= 0.3 is 17.9 Å². The molecule has 2 aliphatic rings. The average molecular weight is 630 g/mol. The van der Waals surface area contributed by atoms with E-state index in [1.807, 2.05) is 60.7 Å². The van der Waals surface area contributed by atoms with Crippen LogP contribution < -0.4 is 11.1 Å². The molecule has 232 valence electrons. The summed E-state index contributed by atoms with van der Waals surface area (Å²) >= 11 is 1.23. The Labute approximate surface area is 263 Å². The lowest BCUT2D eigenvalue weighted by Gasteiger charge is -2.50. The van der Waals surface area contributed by atoms with Crippen molar-refractivity contribution in [2.75, 3.05) is 12.3 Å². The number of ether oxygens (including phenoxy) is 2. The van der Waals surface area contributed by atoms with Gasteiger partial charge in [0.25, 0.3) is 5.91 Å². The number of carboxylic acids is 1. The van der Waals surface area contributed by atoms with Gasteiger partial charge in [0.05, 0.1) is 12.0 Å². The smallest absolute Gasteiger partial charge is 0.352 e. The Kier molecular flexibility index (Phi) is 9.65. The van der Waals surface area contributed by atoms with E-state index in [-0.39, 0.29) is 35.6 Å². The number of hydrogen-bond acceptors (Lipinski definition) is 9. The minimum atomic E-state index is -1.37. The summed E-state index contributed by atoms with van der Waals surface area (Å²) in [5, 5.41) is 11.9. The van der Waals surface area contributed by atoms with E-state index in [0.717, 1.165) is 16.0 Å². The van der Waals surface area contributed by atoms with Crippen molar-refractivity contribution in [3.63, 3.8) is 0 Å². The first-order valence-corrected chi connectivity index (χ1v) is 15.2. The number of carbonyl (C=O) groups is 5. The number of nitrogens with one attached hydrogen (secondary N) is 1. The Bertz CT molecular complexity index is 1610. The molecule has 1 saturated heterocycles. The van der Waals surface area contributed by atoms with Gasteiger partial charge in [0.15, 0.2) is 6.10 Å². The number of esters is 2. The fourth-order valence-electron chi connectivity index (χ4n) is 5.38. The van der Waals surface area contributed by atoms with Crippen LogP contribution in [-0.4, -0.2) is 69.5 Å². The van der Waals surface area contributed by atoms with Crippen molar-refractivity contribution in [3.8, 4) is 0 Å². The molecule has 3 aromatic rings. The van der Waals surface area contributed by atoms with Crippen LogP contribution in [0, 0.1) is 0 Å². The fourth-order valence-corrected chi connectivity index (χ4v) is 6.79. The molecule has 5 rings (SSSR count). The second-order valence-electron chi connectivity index (χ2n) is 10.4.